The van der Waals surface area contributed by atoms with Gasteiger partial charge in [-0.25, -0.2) is 0 Å². The molecule has 0 aliphatic rings. The number of carbonyl (C=O) groups is 1. The lowest BCUT2D eigenvalue weighted by Gasteiger charge is -2.28. The fraction of sp³-hybridized carbons (Fsp3) is 0.400. The van der Waals surface area contributed by atoms with Crippen molar-refractivity contribution in [1.82, 2.24) is 10.2 Å². The van der Waals surface area contributed by atoms with E-state index in [-0.39, 0.29) is 18.5 Å². The molecule has 18 heavy (non-hydrogen) atoms. The summed E-state index contributed by atoms with van der Waals surface area (Å²) in [7, 11) is 0. The summed E-state index contributed by atoms with van der Waals surface area (Å²) in [6.07, 6.45) is 5.18. The maximum Gasteiger partial charge on any atom is 0.242 e. The highest BCUT2D eigenvalue weighted by Crippen LogP contribution is 2.20. The third kappa shape index (κ3) is 3.61. The van der Waals surface area contributed by atoms with Crippen LogP contribution in [-0.4, -0.2) is 30.4 Å². The second-order valence-electron chi connectivity index (χ2n) is 3.96. The quantitative estimate of drug-likeness (QED) is 0.774. The minimum atomic E-state index is -0.269. The van der Waals surface area contributed by atoms with Crippen LogP contribution in [-0.2, 0) is 4.79 Å². The van der Waals surface area contributed by atoms with E-state index in [1.54, 1.807) is 0 Å². The first kappa shape index (κ1) is 14.3. The smallest absolute Gasteiger partial charge is 0.242 e. The molecule has 0 saturated carbocycles. The maximum absolute atomic E-state index is 12.2. The predicted molar refractivity (Wildman–Crippen MR) is 73.9 cm³/mol. The molecule has 96 valence electrons. The van der Waals surface area contributed by atoms with Gasteiger partial charge in [0, 0.05) is 0 Å². The van der Waals surface area contributed by atoms with Crippen molar-refractivity contribution in [1.29, 1.82) is 0 Å². The highest BCUT2D eigenvalue weighted by Gasteiger charge is 2.24. The van der Waals surface area contributed by atoms with Crippen molar-refractivity contribution in [2.45, 2.75) is 19.9 Å². The number of nitrogens with zero attached hydrogens (tertiary/aromatic N) is 1. The lowest BCUT2D eigenvalue weighted by atomic mass is 10.0. The van der Waals surface area contributed by atoms with E-state index in [1.807, 2.05) is 44.2 Å². The normalized spacial score (nSPS) is 11.9. The van der Waals surface area contributed by atoms with Crippen LogP contribution in [0.5, 0.6) is 0 Å². The molecule has 1 rings (SSSR count). The van der Waals surface area contributed by atoms with Gasteiger partial charge in [-0.15, -0.1) is 6.42 Å². The summed E-state index contributed by atoms with van der Waals surface area (Å²) in [5, 5.41) is 2.76. The lowest BCUT2D eigenvalue weighted by Crippen LogP contribution is -2.40. The molecule has 1 atom stereocenters. The Morgan fingerprint density at radius 1 is 1.33 bits per heavy atom. The monoisotopic (exact) mass is 244 g/mol. The fourth-order valence-electron chi connectivity index (χ4n) is 1.99. The number of amides is 1. The minimum absolute atomic E-state index is 0.0390. The van der Waals surface area contributed by atoms with Crippen LogP contribution in [0.3, 0.4) is 0 Å². The Balaban J connectivity index is 2.95. The van der Waals surface area contributed by atoms with Gasteiger partial charge in [0.1, 0.15) is 6.04 Å². The Kier molecular flexibility index (Phi) is 5.96. The molecular weight excluding hydrogens is 224 g/mol. The predicted octanol–water partition coefficient (Wildman–Crippen LogP) is 1.82. The van der Waals surface area contributed by atoms with Gasteiger partial charge in [-0.2, -0.15) is 0 Å². The molecular formula is C15H20N2O. The van der Waals surface area contributed by atoms with E-state index in [1.165, 1.54) is 0 Å². The molecule has 0 heterocycles. The van der Waals surface area contributed by atoms with Crippen LogP contribution in [0.2, 0.25) is 0 Å². The number of hydrogen-bond acceptors (Lipinski definition) is 2. The summed E-state index contributed by atoms with van der Waals surface area (Å²) in [5.74, 6) is 2.39. The number of nitrogens with one attached hydrogen (secondary N) is 1. The van der Waals surface area contributed by atoms with Crippen LogP contribution in [0.25, 0.3) is 0 Å². The zero-order valence-electron chi connectivity index (χ0n) is 11.0. The molecule has 1 aromatic rings. The van der Waals surface area contributed by atoms with E-state index in [9.17, 15) is 4.79 Å². The van der Waals surface area contributed by atoms with Crippen LogP contribution in [0.4, 0.5) is 0 Å². The maximum atomic E-state index is 12.2. The van der Waals surface area contributed by atoms with Crippen molar-refractivity contribution in [2.75, 3.05) is 19.6 Å². The van der Waals surface area contributed by atoms with Crippen LogP contribution in [0.1, 0.15) is 25.5 Å². The Morgan fingerprint density at radius 3 is 2.44 bits per heavy atom. The molecule has 3 heteroatoms. The van der Waals surface area contributed by atoms with Crippen molar-refractivity contribution >= 4 is 5.91 Å². The van der Waals surface area contributed by atoms with Crippen molar-refractivity contribution in [3.05, 3.63) is 35.9 Å². The van der Waals surface area contributed by atoms with Gasteiger partial charge < -0.3 is 5.32 Å². The lowest BCUT2D eigenvalue weighted by molar-refractivity contribution is -0.126. The third-order valence-electron chi connectivity index (χ3n) is 2.91. The van der Waals surface area contributed by atoms with Gasteiger partial charge in [0.25, 0.3) is 0 Å². The van der Waals surface area contributed by atoms with Gasteiger partial charge in [-0.1, -0.05) is 50.1 Å². The molecule has 1 N–H and O–H groups in total. The van der Waals surface area contributed by atoms with Crippen molar-refractivity contribution < 1.29 is 4.79 Å². The highest BCUT2D eigenvalue weighted by molar-refractivity contribution is 5.83. The molecule has 1 unspecified atom stereocenters. The molecule has 0 radical (unpaired) electrons. The number of rotatable bonds is 6. The number of carbonyl (C=O) groups excluding carboxylic acids is 1. The first-order valence-corrected chi connectivity index (χ1v) is 6.24. The molecule has 0 fully saturated rings. The molecule has 0 aliphatic heterocycles. The first-order valence-electron chi connectivity index (χ1n) is 6.24. The molecule has 3 nitrogen and oxygen atoms in total. The summed E-state index contributed by atoms with van der Waals surface area (Å²) in [4.78, 5) is 14.3. The van der Waals surface area contributed by atoms with Gasteiger partial charge in [0.2, 0.25) is 5.91 Å². The molecule has 0 aliphatic carbocycles. The third-order valence-corrected chi connectivity index (χ3v) is 2.91. The molecule has 0 aromatic heterocycles. The van der Waals surface area contributed by atoms with Crippen LogP contribution in [0.15, 0.2) is 30.3 Å². The van der Waals surface area contributed by atoms with Crippen LogP contribution >= 0.6 is 0 Å². The zero-order valence-corrected chi connectivity index (χ0v) is 11.0. The standard InChI is InChI=1S/C15H20N2O/c1-4-12-16-15(18)14(17(5-2)6-3)13-10-8-7-9-11-13/h1,7-11,14H,5-6,12H2,2-3H3,(H,16,18). The summed E-state index contributed by atoms with van der Waals surface area (Å²) in [5.41, 5.74) is 0.996. The number of terminal acetylenes is 1. The number of hydrogen-bond donors (Lipinski definition) is 1. The Bertz CT molecular complexity index is 404. The van der Waals surface area contributed by atoms with E-state index < -0.39 is 0 Å². The minimum Gasteiger partial charge on any atom is -0.344 e. The molecule has 0 saturated heterocycles. The summed E-state index contributed by atoms with van der Waals surface area (Å²) in [6, 6.07) is 9.51. The summed E-state index contributed by atoms with van der Waals surface area (Å²) in [6.45, 7) is 6.00. The van der Waals surface area contributed by atoms with E-state index in [4.69, 9.17) is 6.42 Å². The highest BCUT2D eigenvalue weighted by atomic mass is 16.2. The van der Waals surface area contributed by atoms with Gasteiger partial charge in [0.05, 0.1) is 6.54 Å². The van der Waals surface area contributed by atoms with E-state index in [2.05, 4.69) is 16.1 Å². The second-order valence-corrected chi connectivity index (χ2v) is 3.96. The van der Waals surface area contributed by atoms with Gasteiger partial charge in [-0.3, -0.25) is 9.69 Å². The Hall–Kier alpha value is -1.79. The van der Waals surface area contributed by atoms with Crippen molar-refractivity contribution in [3.63, 3.8) is 0 Å². The average molecular weight is 244 g/mol. The first-order chi connectivity index (χ1) is 8.74. The summed E-state index contributed by atoms with van der Waals surface area (Å²) < 4.78 is 0. The second kappa shape index (κ2) is 7.52. The number of benzene rings is 1. The van der Waals surface area contributed by atoms with Crippen molar-refractivity contribution in [2.24, 2.45) is 0 Å². The molecule has 0 spiro atoms. The zero-order chi connectivity index (χ0) is 13.4. The van der Waals surface area contributed by atoms with Gasteiger partial charge in [0.15, 0.2) is 0 Å². The van der Waals surface area contributed by atoms with E-state index in [0.29, 0.717) is 0 Å². The SMILES string of the molecule is C#CCNC(=O)C(c1ccccc1)N(CC)CC. The molecule has 1 aromatic carbocycles. The van der Waals surface area contributed by atoms with Gasteiger partial charge in [-0.05, 0) is 18.7 Å². The Labute approximate surface area is 109 Å². The van der Waals surface area contributed by atoms with Crippen LogP contribution < -0.4 is 5.32 Å². The average Bonchev–Trinajstić information content (AvgIpc) is 2.43. The van der Waals surface area contributed by atoms with E-state index in [0.717, 1.165) is 18.7 Å². The largest absolute Gasteiger partial charge is 0.344 e. The van der Waals surface area contributed by atoms with Crippen LogP contribution in [0, 0.1) is 12.3 Å². The number of likely N-dealkylation sites (N-methyl/N-ethyl adjacent to an activating group) is 1. The Morgan fingerprint density at radius 2 is 1.94 bits per heavy atom. The fourth-order valence-corrected chi connectivity index (χ4v) is 1.99. The topological polar surface area (TPSA) is 32.3 Å². The van der Waals surface area contributed by atoms with E-state index >= 15 is 0 Å². The molecule has 1 amide bonds. The summed E-state index contributed by atoms with van der Waals surface area (Å²) >= 11 is 0. The van der Waals surface area contributed by atoms with Crippen molar-refractivity contribution in [3.8, 4) is 12.3 Å². The van der Waals surface area contributed by atoms with Gasteiger partial charge >= 0.3 is 0 Å². The molecule has 0 bridgehead atoms.